The molecule has 0 radical (unpaired) electrons. The number of sulfone groups is 1. The maximum Gasteiger partial charge on any atom is 0.416 e. The van der Waals surface area contributed by atoms with Gasteiger partial charge in [-0.05, 0) is 80.4 Å². The standard InChI is InChI=1S/C31H29F3N6O4S/c1-20-19-44-17-16-40(20)26-18-25(30(13-14-30)45(42,43)27-4-2-3-15-35-27)38-28(39-26)21-5-9-23(10-6-21)36-29(41)37-24-11-7-22(8-12-24)31(32,33)34/h2-12,15,18,20H,13-14,16-17,19H2,1H3,(H2,36,37,41)/t20-/m0/s1. The third-order valence-corrected chi connectivity index (χ3v) is 10.3. The van der Waals surface area contributed by atoms with Crippen molar-refractivity contribution in [3.05, 3.63) is 90.3 Å². The molecule has 3 heterocycles. The van der Waals surface area contributed by atoms with Crippen LogP contribution in [0.15, 0.2) is 84.0 Å². The van der Waals surface area contributed by atoms with Crippen molar-refractivity contribution in [2.45, 2.75) is 41.8 Å². The molecule has 2 aromatic carbocycles. The van der Waals surface area contributed by atoms with Gasteiger partial charge < -0.3 is 20.3 Å². The summed E-state index contributed by atoms with van der Waals surface area (Å²) in [6.07, 6.45) is -2.22. The van der Waals surface area contributed by atoms with Gasteiger partial charge in [0.15, 0.2) is 10.9 Å². The van der Waals surface area contributed by atoms with Crippen molar-refractivity contribution in [3.63, 3.8) is 0 Å². The molecule has 0 spiro atoms. The zero-order valence-electron chi connectivity index (χ0n) is 24.1. The molecular formula is C31H29F3N6O4S. The van der Waals surface area contributed by atoms with Gasteiger partial charge in [0, 0.05) is 35.7 Å². The lowest BCUT2D eigenvalue weighted by atomic mass is 10.1. The lowest BCUT2D eigenvalue weighted by Gasteiger charge is -2.34. The van der Waals surface area contributed by atoms with Gasteiger partial charge in [-0.3, -0.25) is 0 Å². The van der Waals surface area contributed by atoms with Crippen LogP contribution in [0.2, 0.25) is 0 Å². The van der Waals surface area contributed by atoms with Crippen LogP contribution in [-0.2, 0) is 25.5 Å². The summed E-state index contributed by atoms with van der Waals surface area (Å²) in [4.78, 5) is 28.3. The summed E-state index contributed by atoms with van der Waals surface area (Å²) < 4.78 is 70.4. The molecule has 2 aromatic heterocycles. The molecule has 14 heteroatoms. The highest BCUT2D eigenvalue weighted by atomic mass is 32.2. The van der Waals surface area contributed by atoms with Crippen molar-refractivity contribution in [1.82, 2.24) is 15.0 Å². The largest absolute Gasteiger partial charge is 0.416 e. The molecule has 2 N–H and O–H groups in total. The van der Waals surface area contributed by atoms with Crippen LogP contribution < -0.4 is 15.5 Å². The Morgan fingerprint density at radius 2 is 1.64 bits per heavy atom. The van der Waals surface area contributed by atoms with Crippen LogP contribution in [0.1, 0.15) is 31.0 Å². The van der Waals surface area contributed by atoms with E-state index in [2.05, 4.69) is 20.5 Å². The second-order valence-corrected chi connectivity index (χ2v) is 13.2. The number of nitrogens with one attached hydrogen (secondary N) is 2. The number of halogens is 3. The first-order valence-corrected chi connectivity index (χ1v) is 15.7. The number of alkyl halides is 3. The van der Waals surface area contributed by atoms with E-state index in [1.807, 2.05) is 6.92 Å². The number of hydrogen-bond donors (Lipinski definition) is 2. The lowest BCUT2D eigenvalue weighted by molar-refractivity contribution is -0.137. The fraction of sp³-hybridized carbons (Fsp3) is 0.290. The summed E-state index contributed by atoms with van der Waals surface area (Å²) in [6.45, 7) is 3.59. The third-order valence-electron chi connectivity index (χ3n) is 7.84. The quantitative estimate of drug-likeness (QED) is 0.257. The SMILES string of the molecule is C[C@H]1COCCN1c1cc(C2(S(=O)(=O)c3ccccn3)CC2)nc(-c2ccc(NC(=O)Nc3ccc(C(F)(F)F)cc3)cc2)n1. The van der Waals surface area contributed by atoms with Gasteiger partial charge in [0.25, 0.3) is 0 Å². The number of amides is 2. The van der Waals surface area contributed by atoms with E-state index in [0.717, 1.165) is 12.1 Å². The Balaban J connectivity index is 1.27. The number of urea groups is 1. The van der Waals surface area contributed by atoms with Crippen LogP contribution in [0.5, 0.6) is 0 Å². The summed E-state index contributed by atoms with van der Waals surface area (Å²) in [6, 6.07) is 16.7. The van der Waals surface area contributed by atoms with Gasteiger partial charge in [0.2, 0.25) is 9.84 Å². The number of benzene rings is 2. The summed E-state index contributed by atoms with van der Waals surface area (Å²) in [7, 11) is -3.85. The fourth-order valence-electron chi connectivity index (χ4n) is 5.23. The normalized spacial score (nSPS) is 17.9. The summed E-state index contributed by atoms with van der Waals surface area (Å²) in [5, 5.41) is 5.14. The highest BCUT2D eigenvalue weighted by molar-refractivity contribution is 7.92. The van der Waals surface area contributed by atoms with Crippen molar-refractivity contribution in [3.8, 4) is 11.4 Å². The van der Waals surface area contributed by atoms with Crippen molar-refractivity contribution in [1.29, 1.82) is 0 Å². The van der Waals surface area contributed by atoms with Gasteiger partial charge in [0.05, 0.1) is 30.5 Å². The van der Waals surface area contributed by atoms with E-state index in [9.17, 15) is 26.4 Å². The monoisotopic (exact) mass is 638 g/mol. The van der Waals surface area contributed by atoms with E-state index in [0.29, 0.717) is 61.2 Å². The first-order valence-electron chi connectivity index (χ1n) is 14.2. The van der Waals surface area contributed by atoms with Crippen LogP contribution in [-0.4, -0.2) is 55.2 Å². The maximum absolute atomic E-state index is 13.8. The third kappa shape index (κ3) is 6.20. The number of carbonyl (C=O) groups is 1. The van der Waals surface area contributed by atoms with Crippen molar-refractivity contribution in [2.75, 3.05) is 35.3 Å². The zero-order valence-corrected chi connectivity index (χ0v) is 24.9. The van der Waals surface area contributed by atoms with Crippen LogP contribution in [0.25, 0.3) is 11.4 Å². The van der Waals surface area contributed by atoms with Crippen LogP contribution >= 0.6 is 0 Å². The molecule has 45 heavy (non-hydrogen) atoms. The molecule has 4 aromatic rings. The maximum atomic E-state index is 13.8. The van der Waals surface area contributed by atoms with Gasteiger partial charge in [0.1, 0.15) is 10.6 Å². The Kier molecular flexibility index (Phi) is 7.95. The predicted molar refractivity (Wildman–Crippen MR) is 162 cm³/mol. The molecule has 1 saturated carbocycles. The van der Waals surface area contributed by atoms with E-state index in [1.165, 1.54) is 24.4 Å². The number of anilines is 3. The Bertz CT molecular complexity index is 1800. The van der Waals surface area contributed by atoms with Crippen molar-refractivity contribution in [2.24, 2.45) is 0 Å². The number of morpholine rings is 1. The molecule has 6 rings (SSSR count). The molecule has 2 fully saturated rings. The molecule has 2 aliphatic rings. The Morgan fingerprint density at radius 3 is 2.22 bits per heavy atom. The number of aromatic nitrogens is 3. The zero-order chi connectivity index (χ0) is 31.8. The van der Waals surface area contributed by atoms with E-state index >= 15 is 0 Å². The second-order valence-electron chi connectivity index (χ2n) is 10.9. The molecule has 10 nitrogen and oxygen atoms in total. The molecule has 1 saturated heterocycles. The molecule has 1 aliphatic carbocycles. The molecular weight excluding hydrogens is 609 g/mol. The van der Waals surface area contributed by atoms with Crippen LogP contribution in [0.3, 0.4) is 0 Å². The van der Waals surface area contributed by atoms with Crippen LogP contribution in [0, 0.1) is 0 Å². The summed E-state index contributed by atoms with van der Waals surface area (Å²) >= 11 is 0. The minimum atomic E-state index is -4.47. The Morgan fingerprint density at radius 1 is 0.978 bits per heavy atom. The average Bonchev–Trinajstić information content (AvgIpc) is 3.85. The Labute approximate surface area is 257 Å². The van der Waals surface area contributed by atoms with Crippen molar-refractivity contribution >= 4 is 33.1 Å². The van der Waals surface area contributed by atoms with Gasteiger partial charge in [-0.1, -0.05) is 6.07 Å². The van der Waals surface area contributed by atoms with Gasteiger partial charge in [-0.15, -0.1) is 0 Å². The molecule has 0 bridgehead atoms. The number of rotatable bonds is 7. The number of hydrogen-bond acceptors (Lipinski definition) is 8. The number of pyridine rings is 1. The lowest BCUT2D eigenvalue weighted by Crippen LogP contribution is -2.44. The van der Waals surface area contributed by atoms with Crippen LogP contribution in [0.4, 0.5) is 35.2 Å². The molecule has 1 atom stereocenters. The molecule has 0 unspecified atom stereocenters. The van der Waals surface area contributed by atoms with Crippen molar-refractivity contribution < 1.29 is 31.1 Å². The molecule has 234 valence electrons. The van der Waals surface area contributed by atoms with Gasteiger partial charge in [-0.2, -0.15) is 13.2 Å². The smallest absolute Gasteiger partial charge is 0.377 e. The topological polar surface area (TPSA) is 126 Å². The predicted octanol–water partition coefficient (Wildman–Crippen LogP) is 5.89. The van der Waals surface area contributed by atoms with E-state index < -0.39 is 32.4 Å². The minimum absolute atomic E-state index is 0.00560. The first-order chi connectivity index (χ1) is 21.5. The second kappa shape index (κ2) is 11.7. The van der Waals surface area contributed by atoms with E-state index in [1.54, 1.807) is 42.5 Å². The number of nitrogens with zero attached hydrogens (tertiary/aromatic N) is 4. The van der Waals surface area contributed by atoms with Gasteiger partial charge in [-0.25, -0.2) is 28.2 Å². The number of carbonyl (C=O) groups excluding carboxylic acids is 1. The highest BCUT2D eigenvalue weighted by Gasteiger charge is 2.58. The number of ether oxygens (including phenoxy) is 1. The summed E-state index contributed by atoms with van der Waals surface area (Å²) in [5.41, 5.74) is 0.784. The minimum Gasteiger partial charge on any atom is -0.377 e. The highest BCUT2D eigenvalue weighted by Crippen LogP contribution is 2.55. The first kappa shape index (κ1) is 30.5. The van der Waals surface area contributed by atoms with E-state index in [-0.39, 0.29) is 16.8 Å². The van der Waals surface area contributed by atoms with E-state index in [4.69, 9.17) is 14.7 Å². The summed E-state index contributed by atoms with van der Waals surface area (Å²) in [5.74, 6) is 0.913. The van der Waals surface area contributed by atoms with Gasteiger partial charge >= 0.3 is 12.2 Å². The fourth-order valence-corrected chi connectivity index (χ4v) is 7.11. The molecule has 1 aliphatic heterocycles. The average molecular weight is 639 g/mol. The molecule has 2 amide bonds. The Hall–Kier alpha value is -4.56.